The van der Waals surface area contributed by atoms with Gasteiger partial charge in [-0.2, -0.15) is 0 Å². The van der Waals surface area contributed by atoms with Crippen LogP contribution >= 0.6 is 12.4 Å². The third kappa shape index (κ3) is 2.89. The summed E-state index contributed by atoms with van der Waals surface area (Å²) < 4.78 is 0. The average molecular weight is 201 g/mol. The molecule has 0 aliphatic carbocycles. The van der Waals surface area contributed by atoms with E-state index < -0.39 is 12.0 Å². The number of H-pyrrole nitrogens is 1. The number of aromatic nitrogens is 2. The Kier molecular flexibility index (Phi) is 4.31. The maximum atomic E-state index is 10.3. The lowest BCUT2D eigenvalue weighted by atomic mass is 11.2. The Hall–Kier alpha value is -1.07. The summed E-state index contributed by atoms with van der Waals surface area (Å²) in [6.07, 6.45) is 3.34. The molecule has 1 aromatic heterocycles. The summed E-state index contributed by atoms with van der Waals surface area (Å²) in [5.41, 5.74) is 6.00. The van der Waals surface area contributed by atoms with E-state index in [2.05, 4.69) is 9.97 Å². The number of nitrogens with two attached hydrogens (primary N) is 1. The van der Waals surface area contributed by atoms with Gasteiger partial charge in [0.05, 0.1) is 6.33 Å². The summed E-state index contributed by atoms with van der Waals surface area (Å²) in [6.45, 7) is 0. The van der Waals surface area contributed by atoms with E-state index in [1.807, 2.05) is 0 Å². The summed E-state index contributed by atoms with van der Waals surface area (Å²) >= 11 is 0. The van der Waals surface area contributed by atoms with Crippen molar-refractivity contribution in [3.05, 3.63) is 18.2 Å². The van der Waals surface area contributed by atoms with Crippen molar-refractivity contribution in [2.75, 3.05) is 0 Å². The second-order valence-electron chi connectivity index (χ2n) is 2.23. The van der Waals surface area contributed by atoms with E-state index in [0.717, 1.165) is 5.69 Å². The van der Waals surface area contributed by atoms with Crippen LogP contribution in [0.1, 0.15) is 5.69 Å². The fraction of sp³-hybridized carbons (Fsp3) is 0.333. The molecule has 0 aromatic carbocycles. The molecule has 0 radical (unpaired) electrons. The van der Waals surface area contributed by atoms with Crippen molar-refractivity contribution >= 4 is 18.4 Å². The second-order valence-corrected chi connectivity index (χ2v) is 2.23. The van der Waals surface area contributed by atoms with Gasteiger partial charge in [-0.05, 0) is 0 Å². The Bertz CT molecular complexity index is 237. The van der Waals surface area contributed by atoms with Crippen molar-refractivity contribution in [3.8, 4) is 0 Å². The Morgan fingerprint density at radius 2 is 2.50 bits per heavy atom. The number of halogens is 1. The molecule has 6 heteroatoms. The summed E-state index contributed by atoms with van der Waals surface area (Å²) in [4.78, 5) is 16.8. The molecule has 1 atom stereocenters. The van der Waals surface area contributed by atoms with Crippen LogP contribution < -0.4 is 5.73 Å². The highest BCUT2D eigenvalue weighted by Crippen LogP contribution is 1.95. The first-order valence-electron chi connectivity index (χ1n) is 3.16. The van der Waals surface area contributed by atoms with Crippen LogP contribution in [0, 0.1) is 0 Å². The molecule has 1 rings (SSSR count). The van der Waals surface area contributed by atoms with Gasteiger partial charge in [0.2, 0.25) is 0 Å². The lowest BCUT2D eigenvalue weighted by Gasteiger charge is -2.02. The van der Waals surface area contributed by atoms with Crippen LogP contribution in [-0.2, 0) is 11.2 Å². The highest BCUT2D eigenvalue weighted by atomic mass is 35.5. The molecule has 1 heterocycles. The molecule has 0 aliphatic heterocycles. The van der Waals surface area contributed by atoms with Gasteiger partial charge in [-0.25, -0.2) is 4.98 Å². The largest absolute Gasteiger partial charge is 0.480 e. The molecule has 0 amide bonds. The highest BCUT2D eigenvalue weighted by molar-refractivity contribution is 5.85. The number of rotatable bonds is 3. The number of nitrogens with one attached hydrogen (secondary N) is 1. The Labute approximate surface area is 75.4 Å². The number of hydrogen-bond acceptors (Lipinski definition) is 3. The standard InChI is InChI=1S/C6H9N3O2.ClH/c7-5(6(10)11)1-4-2-8-3-9-4;/h2-3,5H,1,7H2,(H,8,9)(H,10,11);1H/t5-;/m0./s1/i1+1,2+1,3+1,4+1,5+1,6+1,7+1,8+1,9+1;. The van der Waals surface area contributed by atoms with Crippen molar-refractivity contribution in [2.24, 2.45) is 5.73 Å². The first-order valence-corrected chi connectivity index (χ1v) is 3.16. The number of carboxylic acids is 1. The molecule has 12 heavy (non-hydrogen) atoms. The number of imidazole rings is 1. The van der Waals surface area contributed by atoms with Crippen LogP contribution in [0.5, 0.6) is 0 Å². The minimum absolute atomic E-state index is 0. The fourth-order valence-electron chi connectivity index (χ4n) is 0.721. The van der Waals surface area contributed by atoms with E-state index >= 15 is 0 Å². The average Bonchev–Trinajstić information content (AvgIpc) is 2.39. The molecule has 68 valence electrons. The van der Waals surface area contributed by atoms with E-state index in [4.69, 9.17) is 10.8 Å². The van der Waals surface area contributed by atoms with E-state index in [9.17, 15) is 4.79 Å². The smallest absolute Gasteiger partial charge is 0.320 e. The maximum Gasteiger partial charge on any atom is 0.320 e. The third-order valence-electron chi connectivity index (χ3n) is 1.31. The number of aromatic amines is 1. The molecule has 1 aromatic rings. The van der Waals surface area contributed by atoms with Crippen LogP contribution in [0.2, 0.25) is 0 Å². The number of aliphatic carboxylic acids is 1. The van der Waals surface area contributed by atoms with Crippen LogP contribution in [0.3, 0.4) is 0 Å². The van der Waals surface area contributed by atoms with Gasteiger partial charge in [0.15, 0.2) is 0 Å². The van der Waals surface area contributed by atoms with Gasteiger partial charge in [-0.15, -0.1) is 12.4 Å². The Balaban J connectivity index is 0.00000121. The minimum atomic E-state index is -1.00. The van der Waals surface area contributed by atoms with Crippen molar-refractivity contribution < 1.29 is 9.90 Å². The molecule has 5 nitrogen and oxygen atoms in total. The SMILES string of the molecule is Cl.[15NH2][13C@@H]([13CH2][13c]1[13cH][15n][13cH][15nH]1)[13C](=O)O. The molecule has 0 spiro atoms. The Morgan fingerprint density at radius 1 is 1.83 bits per heavy atom. The topological polar surface area (TPSA) is 92.0 Å². The zero-order chi connectivity index (χ0) is 8.27. The normalized spacial score (nSPS) is 11.8. The van der Waals surface area contributed by atoms with Crippen LogP contribution in [0.4, 0.5) is 0 Å². The van der Waals surface area contributed by atoms with Gasteiger partial charge in [0, 0.05) is 18.3 Å². The lowest BCUT2D eigenvalue weighted by Crippen LogP contribution is -2.32. The first kappa shape index (κ1) is 10.9. The molecule has 0 saturated carbocycles. The van der Waals surface area contributed by atoms with E-state index in [0.29, 0.717) is 0 Å². The number of hydrogen-bond donors (Lipinski definition) is 3. The zero-order valence-corrected chi connectivity index (χ0v) is 7.04. The van der Waals surface area contributed by atoms with Crippen LogP contribution in [0.25, 0.3) is 0 Å². The van der Waals surface area contributed by atoms with Crippen molar-refractivity contribution in [2.45, 2.75) is 12.5 Å². The van der Waals surface area contributed by atoms with Crippen molar-refractivity contribution in [1.82, 2.24) is 9.97 Å². The summed E-state index contributed by atoms with van der Waals surface area (Å²) in [5, 5.41) is 8.42. The molecule has 0 aliphatic rings. The molecular formula is C6H10ClN3O2. The maximum absolute atomic E-state index is 10.3. The van der Waals surface area contributed by atoms with Crippen LogP contribution in [0.15, 0.2) is 12.5 Å². The summed E-state index contributed by atoms with van der Waals surface area (Å²) in [6, 6.07) is -0.851. The van der Waals surface area contributed by atoms with Gasteiger partial charge in [0.1, 0.15) is 6.04 Å². The van der Waals surface area contributed by atoms with Crippen LogP contribution in [-0.4, -0.2) is 27.1 Å². The predicted molar refractivity (Wildman–Crippen MR) is 45.2 cm³/mol. The zero-order valence-electron chi connectivity index (χ0n) is 6.23. The number of carboxylic acid groups (broad SMARTS) is 1. The highest BCUT2D eigenvalue weighted by Gasteiger charge is 2.11. The van der Waals surface area contributed by atoms with Gasteiger partial charge >= 0.3 is 5.97 Å². The quantitative estimate of drug-likeness (QED) is 0.465. The van der Waals surface area contributed by atoms with Crippen molar-refractivity contribution in [3.63, 3.8) is 0 Å². The predicted octanol–water partition coefficient (Wildman–Crippen LogP) is -0.214. The van der Waals surface area contributed by atoms with E-state index in [1.54, 1.807) is 6.20 Å². The molecule has 0 fully saturated rings. The van der Waals surface area contributed by atoms with Crippen molar-refractivity contribution in [1.29, 1.82) is 0 Å². The minimum Gasteiger partial charge on any atom is -0.480 e. The molecule has 0 unspecified atom stereocenters. The number of carbonyl (C=O) groups is 1. The summed E-state index contributed by atoms with van der Waals surface area (Å²) in [5.74, 6) is -1.00. The molecule has 0 bridgehead atoms. The second kappa shape index (κ2) is 4.74. The Morgan fingerprint density at radius 3 is 2.92 bits per heavy atom. The van der Waals surface area contributed by atoms with Gasteiger partial charge < -0.3 is 15.8 Å². The van der Waals surface area contributed by atoms with Gasteiger partial charge in [-0.1, -0.05) is 0 Å². The molecule has 0 saturated heterocycles. The van der Waals surface area contributed by atoms with Gasteiger partial charge in [0.25, 0.3) is 0 Å². The number of nitrogens with zero attached hydrogens (tertiary/aromatic N) is 1. The summed E-state index contributed by atoms with van der Waals surface area (Å²) in [7, 11) is 0. The fourth-order valence-corrected chi connectivity index (χ4v) is 0.721. The monoisotopic (exact) mass is 200 g/mol. The molecule has 4 N–H and O–H groups in total. The third-order valence-corrected chi connectivity index (χ3v) is 1.31. The molecular weight excluding hydrogens is 190 g/mol. The first-order chi connectivity index (χ1) is 5.20. The van der Waals surface area contributed by atoms with E-state index in [1.165, 1.54) is 6.33 Å². The lowest BCUT2D eigenvalue weighted by molar-refractivity contribution is -0.138. The van der Waals surface area contributed by atoms with Gasteiger partial charge in [-0.3, -0.25) is 4.79 Å². The van der Waals surface area contributed by atoms with E-state index in [-0.39, 0.29) is 18.8 Å².